The number of methoxy groups -OCH3 is 3. The third kappa shape index (κ3) is 4.29. The van der Waals surface area contributed by atoms with E-state index in [1.807, 2.05) is 0 Å². The van der Waals surface area contributed by atoms with Gasteiger partial charge in [0.25, 0.3) is 5.56 Å². The Hall–Kier alpha value is -4.25. The van der Waals surface area contributed by atoms with Crippen molar-refractivity contribution in [3.63, 3.8) is 0 Å². The molecule has 0 fully saturated rings. The number of H-pyrrole nitrogens is 1. The van der Waals surface area contributed by atoms with Crippen molar-refractivity contribution in [2.24, 2.45) is 5.10 Å². The van der Waals surface area contributed by atoms with E-state index in [1.54, 1.807) is 24.3 Å². The number of benzene rings is 2. The summed E-state index contributed by atoms with van der Waals surface area (Å²) in [5.41, 5.74) is -0.915. The number of nitrogens with one attached hydrogen (secondary N) is 1. The molecular weight excluding hydrogens is 492 g/mol. The Morgan fingerprint density at radius 3 is 2.22 bits per heavy atom. The first-order chi connectivity index (χ1) is 17.2. The van der Waals surface area contributed by atoms with E-state index in [0.29, 0.717) is 27.8 Å². The molecule has 0 bridgehead atoms. The summed E-state index contributed by atoms with van der Waals surface area (Å²) in [5, 5.41) is 17.0. The number of nitrogens with zero attached hydrogens (tertiary/aromatic N) is 3. The summed E-state index contributed by atoms with van der Waals surface area (Å²) >= 11 is 5.93. The van der Waals surface area contributed by atoms with E-state index >= 15 is 0 Å². The first kappa shape index (κ1) is 24.9. The summed E-state index contributed by atoms with van der Waals surface area (Å²) < 4.78 is 17.1. The third-order valence-corrected chi connectivity index (χ3v) is 6.02. The van der Waals surface area contributed by atoms with Gasteiger partial charge < -0.3 is 19.3 Å². The standard InChI is InChI=1S/C24H23ClN4O7/c1-12(30)29-17(13-9-18(34-2)21(36-4)19(10-13)35-3)11-16(27-29)20-22(31)26-24(33)28(23(20)32)15-7-5-14(25)6-8-15/h5-10,17,32H,11H2,1-4H3,(H,26,31,33)/t17-/m1/s1. The molecule has 2 heterocycles. The molecule has 0 saturated carbocycles. The summed E-state index contributed by atoms with van der Waals surface area (Å²) in [7, 11) is 4.42. The number of carbonyl (C=O) groups is 1. The highest BCUT2D eigenvalue weighted by Gasteiger charge is 2.35. The lowest BCUT2D eigenvalue weighted by molar-refractivity contribution is -0.130. The van der Waals surface area contributed by atoms with Crippen LogP contribution in [0.25, 0.3) is 5.69 Å². The van der Waals surface area contributed by atoms with Crippen molar-refractivity contribution in [2.75, 3.05) is 21.3 Å². The maximum Gasteiger partial charge on any atom is 0.335 e. The molecule has 2 aromatic carbocycles. The maximum absolute atomic E-state index is 12.8. The molecule has 0 saturated heterocycles. The molecule has 12 heteroatoms. The van der Waals surface area contributed by atoms with Gasteiger partial charge >= 0.3 is 5.69 Å². The topological polar surface area (TPSA) is 135 Å². The molecule has 1 amide bonds. The van der Waals surface area contributed by atoms with Crippen LogP contribution in [0.5, 0.6) is 23.1 Å². The van der Waals surface area contributed by atoms with Crippen LogP contribution < -0.4 is 25.5 Å². The highest BCUT2D eigenvalue weighted by Crippen LogP contribution is 2.43. The van der Waals surface area contributed by atoms with E-state index in [0.717, 1.165) is 4.57 Å². The number of aromatic hydroxyl groups is 1. The van der Waals surface area contributed by atoms with Crippen LogP contribution in [0.2, 0.25) is 5.02 Å². The monoisotopic (exact) mass is 514 g/mol. The number of amides is 1. The molecule has 0 spiro atoms. The molecule has 0 unspecified atom stereocenters. The molecule has 36 heavy (non-hydrogen) atoms. The van der Waals surface area contributed by atoms with Crippen LogP contribution in [0.3, 0.4) is 0 Å². The number of hydrogen-bond acceptors (Lipinski definition) is 8. The minimum atomic E-state index is -0.841. The summed E-state index contributed by atoms with van der Waals surface area (Å²) in [6.07, 6.45) is 0.0632. The molecule has 1 aliphatic rings. The minimum absolute atomic E-state index is 0.0632. The molecular formula is C24H23ClN4O7. The van der Waals surface area contributed by atoms with Crippen LogP contribution in [0.1, 0.15) is 30.5 Å². The number of rotatable bonds is 6. The van der Waals surface area contributed by atoms with E-state index in [4.69, 9.17) is 25.8 Å². The Labute approximate surface area is 210 Å². The highest BCUT2D eigenvalue weighted by atomic mass is 35.5. The molecule has 4 rings (SSSR count). The Bertz CT molecular complexity index is 1450. The largest absolute Gasteiger partial charge is 0.493 e. The quantitative estimate of drug-likeness (QED) is 0.516. The first-order valence-corrected chi connectivity index (χ1v) is 11.1. The summed E-state index contributed by atoms with van der Waals surface area (Å²) in [6.45, 7) is 1.33. The van der Waals surface area contributed by atoms with Crippen LogP contribution in [0.15, 0.2) is 51.1 Å². The smallest absolute Gasteiger partial charge is 0.335 e. The van der Waals surface area contributed by atoms with E-state index in [1.165, 1.54) is 45.4 Å². The van der Waals surface area contributed by atoms with Crippen LogP contribution in [-0.4, -0.2) is 52.6 Å². The Morgan fingerprint density at radius 1 is 1.08 bits per heavy atom. The first-order valence-electron chi connectivity index (χ1n) is 10.7. The fourth-order valence-corrected chi connectivity index (χ4v) is 4.25. The second kappa shape index (κ2) is 9.78. The van der Waals surface area contributed by atoms with Crippen molar-refractivity contribution in [3.05, 3.63) is 73.4 Å². The molecule has 1 atom stereocenters. The minimum Gasteiger partial charge on any atom is -0.493 e. The lowest BCUT2D eigenvalue weighted by Gasteiger charge is -2.22. The Balaban J connectivity index is 1.84. The third-order valence-electron chi connectivity index (χ3n) is 5.76. The zero-order valence-corrected chi connectivity index (χ0v) is 20.6. The van der Waals surface area contributed by atoms with Crippen molar-refractivity contribution in [1.82, 2.24) is 14.6 Å². The fourth-order valence-electron chi connectivity index (χ4n) is 4.12. The van der Waals surface area contributed by atoms with E-state index in [-0.39, 0.29) is 23.4 Å². The molecule has 0 aliphatic carbocycles. The van der Waals surface area contributed by atoms with Crippen LogP contribution >= 0.6 is 11.6 Å². The number of hydrazone groups is 1. The lowest BCUT2D eigenvalue weighted by atomic mass is 9.98. The zero-order chi connectivity index (χ0) is 26.1. The summed E-state index contributed by atoms with van der Waals surface area (Å²) in [5.74, 6) is 0.118. The van der Waals surface area contributed by atoms with Crippen molar-refractivity contribution in [1.29, 1.82) is 0 Å². The second-order valence-corrected chi connectivity index (χ2v) is 8.30. The van der Waals surface area contributed by atoms with Gasteiger partial charge in [0.15, 0.2) is 11.5 Å². The molecule has 0 radical (unpaired) electrons. The van der Waals surface area contributed by atoms with Gasteiger partial charge in [-0.15, -0.1) is 0 Å². The summed E-state index contributed by atoms with van der Waals surface area (Å²) in [4.78, 5) is 40.0. The molecule has 1 aromatic heterocycles. The van der Waals surface area contributed by atoms with Crippen LogP contribution in [0.4, 0.5) is 0 Å². The van der Waals surface area contributed by atoms with Gasteiger partial charge in [0.2, 0.25) is 17.5 Å². The highest BCUT2D eigenvalue weighted by molar-refractivity contribution is 6.30. The molecule has 1 aliphatic heterocycles. The predicted molar refractivity (Wildman–Crippen MR) is 132 cm³/mol. The van der Waals surface area contributed by atoms with Gasteiger partial charge in [0.05, 0.1) is 38.8 Å². The average Bonchev–Trinajstić information content (AvgIpc) is 3.29. The van der Waals surface area contributed by atoms with Crippen molar-refractivity contribution in [2.45, 2.75) is 19.4 Å². The molecule has 11 nitrogen and oxygen atoms in total. The Morgan fingerprint density at radius 2 is 1.69 bits per heavy atom. The van der Waals surface area contributed by atoms with Gasteiger partial charge in [0.1, 0.15) is 5.56 Å². The van der Waals surface area contributed by atoms with Gasteiger partial charge in [-0.3, -0.25) is 14.6 Å². The maximum atomic E-state index is 12.8. The molecule has 3 aromatic rings. The number of ether oxygens (including phenoxy) is 3. The van der Waals surface area contributed by atoms with Gasteiger partial charge in [0, 0.05) is 18.4 Å². The predicted octanol–water partition coefficient (Wildman–Crippen LogP) is 2.61. The van der Waals surface area contributed by atoms with Gasteiger partial charge in [-0.05, 0) is 42.0 Å². The number of aromatic nitrogens is 2. The number of aromatic amines is 1. The van der Waals surface area contributed by atoms with Crippen LogP contribution in [0, 0.1) is 0 Å². The second-order valence-electron chi connectivity index (χ2n) is 7.86. The number of hydrogen-bond donors (Lipinski definition) is 2. The van der Waals surface area contributed by atoms with Crippen molar-refractivity contribution >= 4 is 23.2 Å². The van der Waals surface area contributed by atoms with Crippen molar-refractivity contribution in [3.8, 4) is 28.8 Å². The van der Waals surface area contributed by atoms with Gasteiger partial charge in [-0.25, -0.2) is 14.4 Å². The molecule has 188 valence electrons. The van der Waals surface area contributed by atoms with E-state index in [2.05, 4.69) is 10.1 Å². The normalized spacial score (nSPS) is 15.0. The van der Waals surface area contributed by atoms with Gasteiger partial charge in [-0.1, -0.05) is 11.6 Å². The van der Waals surface area contributed by atoms with Gasteiger partial charge in [-0.2, -0.15) is 5.10 Å². The zero-order valence-electron chi connectivity index (χ0n) is 19.9. The number of carbonyl (C=O) groups excluding carboxylic acids is 1. The molecule has 2 N–H and O–H groups in total. The Kier molecular flexibility index (Phi) is 6.75. The lowest BCUT2D eigenvalue weighted by Crippen LogP contribution is -2.33. The SMILES string of the molecule is COc1cc([C@H]2CC(c3c(O)n(-c4ccc(Cl)cc4)c(=O)[nH]c3=O)=NN2C(C)=O)cc(OC)c1OC. The average molecular weight is 515 g/mol. The number of halogens is 1. The van der Waals surface area contributed by atoms with Crippen molar-refractivity contribution < 1.29 is 24.1 Å². The fraction of sp³-hybridized carbons (Fsp3) is 0.250. The summed E-state index contributed by atoms with van der Waals surface area (Å²) in [6, 6.07) is 8.82. The van der Waals surface area contributed by atoms with E-state index in [9.17, 15) is 19.5 Å². The van der Waals surface area contributed by atoms with Crippen LogP contribution in [-0.2, 0) is 4.79 Å². The van der Waals surface area contributed by atoms with E-state index < -0.39 is 29.1 Å².